The average molecular weight is 251 g/mol. The van der Waals surface area contributed by atoms with E-state index < -0.39 is 0 Å². The van der Waals surface area contributed by atoms with Crippen molar-refractivity contribution < 1.29 is 9.21 Å². The summed E-state index contributed by atoms with van der Waals surface area (Å²) < 4.78 is 5.70. The maximum atomic E-state index is 11.7. The average Bonchev–Trinajstić information content (AvgIpc) is 2.90. The van der Waals surface area contributed by atoms with Gasteiger partial charge in [-0.3, -0.25) is 4.79 Å². The van der Waals surface area contributed by atoms with E-state index in [2.05, 4.69) is 4.98 Å². The second kappa shape index (κ2) is 4.69. The van der Waals surface area contributed by atoms with Crippen LogP contribution in [0.1, 0.15) is 23.7 Å². The summed E-state index contributed by atoms with van der Waals surface area (Å²) in [6.45, 7) is 1.85. The Morgan fingerprint density at radius 3 is 2.68 bits per heavy atom. The highest BCUT2D eigenvalue weighted by atomic mass is 16.3. The van der Waals surface area contributed by atoms with Crippen molar-refractivity contribution >= 4 is 16.9 Å². The third kappa shape index (κ3) is 2.15. The standard InChI is InChI=1S/C16H13NO2/c1-2-14(18)12-8-9-15-13(10-12)17-16(19-15)11-6-4-3-5-7-11/h3-10H,2H2,1H3. The highest BCUT2D eigenvalue weighted by Gasteiger charge is 2.10. The molecule has 3 nitrogen and oxygen atoms in total. The molecule has 3 aromatic rings. The normalized spacial score (nSPS) is 10.8. The van der Waals surface area contributed by atoms with E-state index >= 15 is 0 Å². The zero-order valence-corrected chi connectivity index (χ0v) is 10.6. The second-order valence-corrected chi connectivity index (χ2v) is 4.34. The zero-order chi connectivity index (χ0) is 13.2. The number of ketones is 1. The van der Waals surface area contributed by atoms with E-state index in [-0.39, 0.29) is 5.78 Å². The van der Waals surface area contributed by atoms with Gasteiger partial charge >= 0.3 is 0 Å². The van der Waals surface area contributed by atoms with Crippen molar-refractivity contribution in [2.45, 2.75) is 13.3 Å². The van der Waals surface area contributed by atoms with Crippen LogP contribution in [-0.4, -0.2) is 10.8 Å². The first-order valence-electron chi connectivity index (χ1n) is 6.27. The van der Waals surface area contributed by atoms with Crippen molar-refractivity contribution in [2.24, 2.45) is 0 Å². The van der Waals surface area contributed by atoms with Gasteiger partial charge in [0.15, 0.2) is 11.4 Å². The van der Waals surface area contributed by atoms with Gasteiger partial charge in [0.1, 0.15) is 5.52 Å². The SMILES string of the molecule is CCC(=O)c1ccc2oc(-c3ccccc3)nc2c1. The van der Waals surface area contributed by atoms with Crippen molar-refractivity contribution in [3.05, 3.63) is 54.1 Å². The minimum Gasteiger partial charge on any atom is -0.436 e. The topological polar surface area (TPSA) is 43.1 Å². The van der Waals surface area contributed by atoms with Gasteiger partial charge in [-0.2, -0.15) is 0 Å². The molecule has 0 fully saturated rings. The van der Waals surface area contributed by atoms with Crippen molar-refractivity contribution in [2.75, 3.05) is 0 Å². The molecule has 0 saturated carbocycles. The van der Waals surface area contributed by atoms with Crippen LogP contribution in [-0.2, 0) is 0 Å². The van der Waals surface area contributed by atoms with Gasteiger partial charge in [-0.1, -0.05) is 25.1 Å². The molecule has 3 rings (SSSR count). The molecule has 3 heteroatoms. The molecule has 0 saturated heterocycles. The molecule has 0 N–H and O–H groups in total. The minimum absolute atomic E-state index is 0.117. The quantitative estimate of drug-likeness (QED) is 0.658. The fraction of sp³-hybridized carbons (Fsp3) is 0.125. The molecule has 0 unspecified atom stereocenters. The van der Waals surface area contributed by atoms with E-state index in [1.165, 1.54) is 0 Å². The fourth-order valence-corrected chi connectivity index (χ4v) is 2.01. The molecule has 0 aliphatic carbocycles. The lowest BCUT2D eigenvalue weighted by molar-refractivity contribution is 0.0988. The number of Topliss-reactive ketones (excluding diaryl/α,β-unsaturated/α-hetero) is 1. The molecule has 94 valence electrons. The van der Waals surface area contributed by atoms with Crippen LogP contribution in [0.5, 0.6) is 0 Å². The van der Waals surface area contributed by atoms with Crippen molar-refractivity contribution in [3.8, 4) is 11.5 Å². The van der Waals surface area contributed by atoms with Crippen LogP contribution in [0.3, 0.4) is 0 Å². The third-order valence-electron chi connectivity index (χ3n) is 3.05. The highest BCUT2D eigenvalue weighted by Crippen LogP contribution is 2.24. The van der Waals surface area contributed by atoms with E-state index in [1.54, 1.807) is 18.2 Å². The van der Waals surface area contributed by atoms with E-state index in [1.807, 2.05) is 37.3 Å². The summed E-state index contributed by atoms with van der Waals surface area (Å²) >= 11 is 0. The van der Waals surface area contributed by atoms with Crippen LogP contribution in [0.4, 0.5) is 0 Å². The van der Waals surface area contributed by atoms with Gasteiger partial charge in [-0.05, 0) is 30.3 Å². The monoisotopic (exact) mass is 251 g/mol. The number of carbonyl (C=O) groups is 1. The summed E-state index contributed by atoms with van der Waals surface area (Å²) in [6.07, 6.45) is 0.495. The van der Waals surface area contributed by atoms with Crippen molar-refractivity contribution in [1.29, 1.82) is 0 Å². The van der Waals surface area contributed by atoms with Gasteiger partial charge in [-0.15, -0.1) is 0 Å². The van der Waals surface area contributed by atoms with Crippen molar-refractivity contribution in [1.82, 2.24) is 4.98 Å². The number of rotatable bonds is 3. The molecule has 1 heterocycles. The van der Waals surface area contributed by atoms with Gasteiger partial charge in [0.25, 0.3) is 0 Å². The lowest BCUT2D eigenvalue weighted by Crippen LogP contribution is -1.95. The summed E-state index contributed by atoms with van der Waals surface area (Å²) in [4.78, 5) is 16.1. The molecule has 0 amide bonds. The maximum absolute atomic E-state index is 11.7. The summed E-state index contributed by atoms with van der Waals surface area (Å²) in [6, 6.07) is 15.1. The molecule has 0 aliphatic rings. The first kappa shape index (κ1) is 11.7. The lowest BCUT2D eigenvalue weighted by atomic mass is 10.1. The first-order valence-corrected chi connectivity index (χ1v) is 6.27. The number of benzene rings is 2. The summed E-state index contributed by atoms with van der Waals surface area (Å²) in [5.74, 6) is 0.697. The second-order valence-electron chi connectivity index (χ2n) is 4.34. The molecule has 0 atom stereocenters. The summed E-state index contributed by atoms with van der Waals surface area (Å²) in [7, 11) is 0. The lowest BCUT2D eigenvalue weighted by Gasteiger charge is -1.95. The third-order valence-corrected chi connectivity index (χ3v) is 3.05. The van der Waals surface area contributed by atoms with E-state index in [4.69, 9.17) is 4.42 Å². The number of hydrogen-bond acceptors (Lipinski definition) is 3. The van der Waals surface area contributed by atoms with Crippen LogP contribution < -0.4 is 0 Å². The first-order chi connectivity index (χ1) is 9.28. The van der Waals surface area contributed by atoms with Crippen LogP contribution in [0.25, 0.3) is 22.6 Å². The number of hydrogen-bond donors (Lipinski definition) is 0. The van der Waals surface area contributed by atoms with Gasteiger partial charge in [0.2, 0.25) is 5.89 Å². The molecule has 0 aliphatic heterocycles. The Kier molecular flexibility index (Phi) is 2.88. The Bertz CT molecular complexity index is 729. The zero-order valence-electron chi connectivity index (χ0n) is 10.6. The predicted molar refractivity (Wildman–Crippen MR) is 74.1 cm³/mol. The highest BCUT2D eigenvalue weighted by molar-refractivity contribution is 5.98. The Morgan fingerprint density at radius 1 is 1.16 bits per heavy atom. The number of carbonyl (C=O) groups excluding carboxylic acids is 1. The van der Waals surface area contributed by atoms with E-state index in [9.17, 15) is 4.79 Å². The number of oxazole rings is 1. The Morgan fingerprint density at radius 2 is 1.95 bits per heavy atom. The van der Waals surface area contributed by atoms with Crippen LogP contribution in [0.2, 0.25) is 0 Å². The van der Waals surface area contributed by atoms with Gasteiger partial charge in [0, 0.05) is 17.5 Å². The van der Waals surface area contributed by atoms with E-state index in [0.717, 1.165) is 11.1 Å². The molecule has 0 bridgehead atoms. The van der Waals surface area contributed by atoms with Gasteiger partial charge in [0.05, 0.1) is 0 Å². The number of nitrogens with zero attached hydrogens (tertiary/aromatic N) is 1. The van der Waals surface area contributed by atoms with E-state index in [0.29, 0.717) is 23.5 Å². The van der Waals surface area contributed by atoms with Gasteiger partial charge in [-0.25, -0.2) is 4.98 Å². The number of fused-ring (bicyclic) bond motifs is 1. The largest absolute Gasteiger partial charge is 0.436 e. The smallest absolute Gasteiger partial charge is 0.227 e. The summed E-state index contributed by atoms with van der Waals surface area (Å²) in [5.41, 5.74) is 3.04. The molecule has 0 radical (unpaired) electrons. The van der Waals surface area contributed by atoms with Crippen LogP contribution >= 0.6 is 0 Å². The molecule has 0 spiro atoms. The van der Waals surface area contributed by atoms with Crippen LogP contribution in [0, 0.1) is 0 Å². The molecule has 2 aromatic carbocycles. The number of aromatic nitrogens is 1. The fourth-order valence-electron chi connectivity index (χ4n) is 2.01. The van der Waals surface area contributed by atoms with Crippen LogP contribution in [0.15, 0.2) is 52.9 Å². The minimum atomic E-state index is 0.117. The molecular formula is C16H13NO2. The Labute approximate surface area is 110 Å². The summed E-state index contributed by atoms with van der Waals surface area (Å²) in [5, 5.41) is 0. The maximum Gasteiger partial charge on any atom is 0.227 e. The Balaban J connectivity index is 2.09. The molecule has 19 heavy (non-hydrogen) atoms. The van der Waals surface area contributed by atoms with Gasteiger partial charge < -0.3 is 4.42 Å². The molecule has 1 aromatic heterocycles. The Hall–Kier alpha value is -2.42. The predicted octanol–water partition coefficient (Wildman–Crippen LogP) is 4.09. The molecular weight excluding hydrogens is 238 g/mol. The van der Waals surface area contributed by atoms with Crippen molar-refractivity contribution in [3.63, 3.8) is 0 Å².